The first-order chi connectivity index (χ1) is 11.8. The molecule has 0 spiro atoms. The van der Waals surface area contributed by atoms with E-state index in [2.05, 4.69) is 47.0 Å². The average Bonchev–Trinajstić information content (AvgIpc) is 2.63. The second-order valence-electron chi connectivity index (χ2n) is 5.45. The molecule has 4 nitrogen and oxygen atoms in total. The molecule has 0 bridgehead atoms. The Morgan fingerprint density at radius 3 is 2.46 bits per heavy atom. The van der Waals surface area contributed by atoms with Crippen molar-refractivity contribution in [2.24, 2.45) is 10.3 Å². The summed E-state index contributed by atoms with van der Waals surface area (Å²) >= 11 is 0. The molecule has 120 valence electrons. The fourth-order valence-corrected chi connectivity index (χ4v) is 2.14. The first kappa shape index (κ1) is 15.7. The van der Waals surface area contributed by atoms with Gasteiger partial charge in [-0.05, 0) is 36.8 Å². The summed E-state index contributed by atoms with van der Waals surface area (Å²) in [5.41, 5.74) is 6.94. The molecule has 24 heavy (non-hydrogen) atoms. The van der Waals surface area contributed by atoms with Crippen molar-refractivity contribution in [2.75, 3.05) is 5.43 Å². The maximum Gasteiger partial charge on any atom is 0.121 e. The van der Waals surface area contributed by atoms with Gasteiger partial charge in [0, 0.05) is 6.07 Å². The third-order valence-electron chi connectivity index (χ3n) is 3.46. The number of hydrogen-bond acceptors (Lipinski definition) is 3. The number of rotatable bonds is 6. The van der Waals surface area contributed by atoms with Gasteiger partial charge in [0.1, 0.15) is 12.4 Å². The number of ether oxygens (including phenoxy) is 1. The molecule has 1 N–H and O–H groups in total. The van der Waals surface area contributed by atoms with Crippen LogP contribution < -0.4 is 10.2 Å². The van der Waals surface area contributed by atoms with Crippen LogP contribution in [-0.2, 0) is 6.61 Å². The normalized spacial score (nSPS) is 10.7. The predicted molar refractivity (Wildman–Crippen MR) is 96.5 cm³/mol. The van der Waals surface area contributed by atoms with E-state index in [0.29, 0.717) is 6.61 Å². The van der Waals surface area contributed by atoms with Gasteiger partial charge >= 0.3 is 0 Å². The molecule has 0 saturated carbocycles. The molecule has 0 aliphatic heterocycles. The monoisotopic (exact) mass is 317 g/mol. The standard InChI is InChI=1S/C20H19N3O/c1-16-10-12-17(13-11-16)15-24-20-9-5-8-19(14-20)22-23-21-18-6-3-2-4-7-18/h2-14H,15H2,1H3,(H,21,22). The zero-order chi connectivity index (χ0) is 16.6. The van der Waals surface area contributed by atoms with Gasteiger partial charge in [-0.2, -0.15) is 0 Å². The summed E-state index contributed by atoms with van der Waals surface area (Å²) < 4.78 is 5.82. The van der Waals surface area contributed by atoms with Crippen LogP contribution in [-0.4, -0.2) is 0 Å². The average molecular weight is 317 g/mol. The second-order valence-corrected chi connectivity index (χ2v) is 5.45. The number of anilines is 1. The van der Waals surface area contributed by atoms with Crippen LogP contribution in [0.1, 0.15) is 11.1 Å². The highest BCUT2D eigenvalue weighted by molar-refractivity contribution is 5.47. The minimum Gasteiger partial charge on any atom is -0.489 e. The van der Waals surface area contributed by atoms with Crippen LogP contribution >= 0.6 is 0 Å². The van der Waals surface area contributed by atoms with Crippen molar-refractivity contribution in [2.45, 2.75) is 13.5 Å². The van der Waals surface area contributed by atoms with Crippen LogP contribution in [0.15, 0.2) is 89.2 Å². The fraction of sp³-hybridized carbons (Fsp3) is 0.100. The Hall–Kier alpha value is -3.14. The largest absolute Gasteiger partial charge is 0.489 e. The maximum absolute atomic E-state index is 5.82. The van der Waals surface area contributed by atoms with Gasteiger partial charge in [0.05, 0.1) is 11.4 Å². The summed E-state index contributed by atoms with van der Waals surface area (Å²) in [5, 5.41) is 8.11. The molecule has 3 aromatic rings. The molecule has 0 heterocycles. The lowest BCUT2D eigenvalue weighted by molar-refractivity contribution is 0.306. The van der Waals surface area contributed by atoms with Crippen molar-refractivity contribution in [3.05, 3.63) is 90.0 Å². The van der Waals surface area contributed by atoms with Crippen molar-refractivity contribution in [1.82, 2.24) is 0 Å². The van der Waals surface area contributed by atoms with Crippen LogP contribution in [0.3, 0.4) is 0 Å². The molecule has 4 heteroatoms. The zero-order valence-corrected chi connectivity index (χ0v) is 13.5. The van der Waals surface area contributed by atoms with E-state index < -0.39 is 0 Å². The number of aryl methyl sites for hydroxylation is 1. The minimum atomic E-state index is 0.537. The van der Waals surface area contributed by atoms with Crippen LogP contribution in [0.2, 0.25) is 0 Å². The zero-order valence-electron chi connectivity index (χ0n) is 13.5. The first-order valence-electron chi connectivity index (χ1n) is 7.80. The lowest BCUT2D eigenvalue weighted by atomic mass is 10.2. The van der Waals surface area contributed by atoms with Gasteiger partial charge < -0.3 is 4.74 Å². The number of benzene rings is 3. The van der Waals surface area contributed by atoms with Crippen molar-refractivity contribution >= 4 is 11.4 Å². The highest BCUT2D eigenvalue weighted by Gasteiger charge is 1.98. The number of hydrogen-bond donors (Lipinski definition) is 1. The lowest BCUT2D eigenvalue weighted by Gasteiger charge is -2.08. The van der Waals surface area contributed by atoms with Gasteiger partial charge in [-0.1, -0.05) is 59.3 Å². The Balaban J connectivity index is 1.57. The molecule has 0 aliphatic rings. The summed E-state index contributed by atoms with van der Waals surface area (Å²) in [5.74, 6) is 0.787. The Labute approximate surface area is 141 Å². The lowest BCUT2D eigenvalue weighted by Crippen LogP contribution is -1.96. The van der Waals surface area contributed by atoms with E-state index in [-0.39, 0.29) is 0 Å². The second kappa shape index (κ2) is 7.92. The van der Waals surface area contributed by atoms with Crippen LogP contribution in [0.4, 0.5) is 11.4 Å². The SMILES string of the molecule is Cc1ccc(COc2cccc(NN=Nc3ccccc3)c2)cc1. The highest BCUT2D eigenvalue weighted by Crippen LogP contribution is 2.19. The van der Waals surface area contributed by atoms with Crippen molar-refractivity contribution in [3.8, 4) is 5.75 Å². The maximum atomic E-state index is 5.82. The molecule has 3 aromatic carbocycles. The topological polar surface area (TPSA) is 46.0 Å². The summed E-state index contributed by atoms with van der Waals surface area (Å²) in [6.45, 7) is 2.61. The molecule has 0 amide bonds. The van der Waals surface area contributed by atoms with E-state index in [4.69, 9.17) is 4.74 Å². The van der Waals surface area contributed by atoms with Gasteiger partial charge in [0.15, 0.2) is 0 Å². The van der Waals surface area contributed by atoms with Gasteiger partial charge in [0.2, 0.25) is 0 Å². The summed E-state index contributed by atoms with van der Waals surface area (Å²) in [6, 6.07) is 25.6. The Bertz CT molecular complexity index is 799. The molecular formula is C20H19N3O. The van der Waals surface area contributed by atoms with Crippen molar-refractivity contribution < 1.29 is 4.74 Å². The third kappa shape index (κ3) is 4.68. The van der Waals surface area contributed by atoms with E-state index in [1.54, 1.807) is 0 Å². The number of nitrogens with zero attached hydrogens (tertiary/aromatic N) is 2. The molecule has 0 aliphatic carbocycles. The Kier molecular flexibility index (Phi) is 5.20. The van der Waals surface area contributed by atoms with Crippen LogP contribution in [0.25, 0.3) is 0 Å². The van der Waals surface area contributed by atoms with Crippen molar-refractivity contribution in [3.63, 3.8) is 0 Å². The summed E-state index contributed by atoms with van der Waals surface area (Å²) in [4.78, 5) is 0. The number of nitrogens with one attached hydrogen (secondary N) is 1. The van der Waals surface area contributed by atoms with Crippen LogP contribution in [0, 0.1) is 6.92 Å². The summed E-state index contributed by atoms with van der Waals surface area (Å²) in [6.07, 6.45) is 0. The third-order valence-corrected chi connectivity index (χ3v) is 3.46. The Morgan fingerprint density at radius 1 is 0.875 bits per heavy atom. The molecule has 0 aromatic heterocycles. The van der Waals surface area contributed by atoms with Crippen molar-refractivity contribution in [1.29, 1.82) is 0 Å². The van der Waals surface area contributed by atoms with E-state index in [0.717, 1.165) is 22.7 Å². The highest BCUT2D eigenvalue weighted by atomic mass is 16.5. The Morgan fingerprint density at radius 2 is 1.67 bits per heavy atom. The van der Waals surface area contributed by atoms with E-state index in [9.17, 15) is 0 Å². The molecule has 0 fully saturated rings. The van der Waals surface area contributed by atoms with Gasteiger partial charge in [-0.15, -0.1) is 5.11 Å². The van der Waals surface area contributed by atoms with Gasteiger partial charge in [0.25, 0.3) is 0 Å². The van der Waals surface area contributed by atoms with E-state index in [1.807, 2.05) is 54.6 Å². The van der Waals surface area contributed by atoms with E-state index in [1.165, 1.54) is 5.56 Å². The van der Waals surface area contributed by atoms with E-state index >= 15 is 0 Å². The molecule has 0 atom stereocenters. The first-order valence-corrected chi connectivity index (χ1v) is 7.80. The van der Waals surface area contributed by atoms with Crippen LogP contribution in [0.5, 0.6) is 5.75 Å². The predicted octanol–water partition coefficient (Wildman–Crippen LogP) is 5.68. The molecule has 0 unspecified atom stereocenters. The fourth-order valence-electron chi connectivity index (χ4n) is 2.14. The smallest absolute Gasteiger partial charge is 0.121 e. The van der Waals surface area contributed by atoms with Gasteiger partial charge in [-0.3, -0.25) is 5.43 Å². The molecule has 0 radical (unpaired) electrons. The molecule has 3 rings (SSSR count). The quantitative estimate of drug-likeness (QED) is 0.469. The summed E-state index contributed by atoms with van der Waals surface area (Å²) in [7, 11) is 0. The van der Waals surface area contributed by atoms with Gasteiger partial charge in [-0.25, -0.2) is 0 Å². The molecule has 0 saturated heterocycles. The molecular weight excluding hydrogens is 298 g/mol. The minimum absolute atomic E-state index is 0.537.